The van der Waals surface area contributed by atoms with Crippen molar-refractivity contribution in [2.75, 3.05) is 0 Å². The average Bonchev–Trinajstić information content (AvgIpc) is 3.12. The van der Waals surface area contributed by atoms with E-state index >= 15 is 0 Å². The fraction of sp³-hybridized carbons (Fsp3) is 0.0800. The van der Waals surface area contributed by atoms with Crippen LogP contribution in [-0.4, -0.2) is 26.6 Å². The summed E-state index contributed by atoms with van der Waals surface area (Å²) in [6.07, 6.45) is 2.75. The molecule has 1 amide bonds. The summed E-state index contributed by atoms with van der Waals surface area (Å²) in [4.78, 5) is 26.4. The van der Waals surface area contributed by atoms with Crippen molar-refractivity contribution in [1.29, 1.82) is 0 Å². The summed E-state index contributed by atoms with van der Waals surface area (Å²) >= 11 is 5.93. The molecule has 9 nitrogen and oxygen atoms in total. The van der Waals surface area contributed by atoms with Crippen LogP contribution in [0.2, 0.25) is 5.02 Å². The Kier molecular flexibility index (Phi) is 6.88. The van der Waals surface area contributed by atoms with E-state index in [4.69, 9.17) is 16.3 Å². The molecular formula is C25H20ClN5O4. The number of halogens is 1. The number of nitrogens with one attached hydrogen (secondary N) is 1. The third-order valence-electron chi connectivity index (χ3n) is 5.18. The van der Waals surface area contributed by atoms with Gasteiger partial charge in [0.25, 0.3) is 11.6 Å². The van der Waals surface area contributed by atoms with Crippen molar-refractivity contribution in [3.8, 4) is 17.3 Å². The molecule has 2 aromatic heterocycles. The lowest BCUT2D eigenvalue weighted by molar-refractivity contribution is -0.385. The number of rotatable bonds is 7. The highest BCUT2D eigenvalue weighted by molar-refractivity contribution is 6.30. The van der Waals surface area contributed by atoms with Crippen molar-refractivity contribution in [2.45, 2.75) is 13.8 Å². The van der Waals surface area contributed by atoms with E-state index in [-0.39, 0.29) is 17.5 Å². The summed E-state index contributed by atoms with van der Waals surface area (Å²) in [5.74, 6) is 0.453. The molecule has 2 aromatic carbocycles. The Morgan fingerprint density at radius 2 is 1.91 bits per heavy atom. The number of benzene rings is 2. The zero-order valence-corrected chi connectivity index (χ0v) is 19.6. The van der Waals surface area contributed by atoms with Crippen LogP contribution in [-0.2, 0) is 0 Å². The van der Waals surface area contributed by atoms with Crippen LogP contribution in [0.25, 0.3) is 5.69 Å². The minimum absolute atomic E-state index is 0.102. The first-order valence-corrected chi connectivity index (χ1v) is 10.9. The summed E-state index contributed by atoms with van der Waals surface area (Å²) in [5, 5.41) is 15.3. The number of hydrogen-bond donors (Lipinski definition) is 1. The highest BCUT2D eigenvalue weighted by Crippen LogP contribution is 2.25. The third kappa shape index (κ3) is 5.53. The quantitative estimate of drug-likeness (QED) is 0.206. The number of aromatic nitrogens is 2. The number of carbonyl (C=O) groups is 1. The lowest BCUT2D eigenvalue weighted by Gasteiger charge is -2.11. The van der Waals surface area contributed by atoms with Gasteiger partial charge in [0.15, 0.2) is 0 Å². The molecule has 2 heterocycles. The first kappa shape index (κ1) is 23.7. The van der Waals surface area contributed by atoms with Crippen LogP contribution in [0.4, 0.5) is 5.69 Å². The lowest BCUT2D eigenvalue weighted by Crippen LogP contribution is -2.17. The molecule has 0 saturated heterocycles. The number of hydrazone groups is 1. The van der Waals surface area contributed by atoms with Gasteiger partial charge in [-0.05, 0) is 62.4 Å². The van der Waals surface area contributed by atoms with Crippen molar-refractivity contribution in [1.82, 2.24) is 15.0 Å². The van der Waals surface area contributed by atoms with E-state index in [2.05, 4.69) is 15.5 Å². The number of hydrogen-bond acceptors (Lipinski definition) is 6. The van der Waals surface area contributed by atoms with Gasteiger partial charge in [0.1, 0.15) is 11.9 Å². The van der Waals surface area contributed by atoms with E-state index in [1.165, 1.54) is 12.1 Å². The first-order chi connectivity index (χ1) is 16.8. The Morgan fingerprint density at radius 1 is 1.14 bits per heavy atom. The molecule has 0 unspecified atom stereocenters. The molecule has 0 radical (unpaired) electrons. The van der Waals surface area contributed by atoms with Gasteiger partial charge in [0.05, 0.1) is 11.1 Å². The van der Waals surface area contributed by atoms with Crippen LogP contribution in [0.3, 0.4) is 0 Å². The van der Waals surface area contributed by atoms with Crippen LogP contribution < -0.4 is 10.2 Å². The van der Waals surface area contributed by atoms with Crippen LogP contribution in [0, 0.1) is 24.0 Å². The second kappa shape index (κ2) is 10.2. The molecular weight excluding hydrogens is 470 g/mol. The molecule has 0 saturated carbocycles. The van der Waals surface area contributed by atoms with Gasteiger partial charge in [0.2, 0.25) is 5.88 Å². The number of carbonyl (C=O) groups excluding carboxylic acids is 1. The molecule has 1 N–H and O–H groups in total. The van der Waals surface area contributed by atoms with E-state index in [9.17, 15) is 14.9 Å². The zero-order chi connectivity index (χ0) is 24.9. The average molecular weight is 490 g/mol. The number of nitro groups is 1. The van der Waals surface area contributed by atoms with Gasteiger partial charge >= 0.3 is 0 Å². The van der Waals surface area contributed by atoms with E-state index in [1.807, 2.05) is 36.6 Å². The summed E-state index contributed by atoms with van der Waals surface area (Å²) in [6, 6.07) is 18.7. The van der Waals surface area contributed by atoms with Crippen molar-refractivity contribution >= 4 is 29.4 Å². The Labute approximate surface area is 205 Å². The number of ether oxygens (including phenoxy) is 1. The molecule has 4 rings (SSSR count). The predicted octanol–water partition coefficient (Wildman–Crippen LogP) is 5.61. The fourth-order valence-corrected chi connectivity index (χ4v) is 3.69. The number of amides is 1. The van der Waals surface area contributed by atoms with Gasteiger partial charge in [-0.25, -0.2) is 10.4 Å². The molecule has 0 aliphatic heterocycles. The minimum Gasteiger partial charge on any atom is -0.439 e. The molecule has 0 atom stereocenters. The Morgan fingerprint density at radius 3 is 2.57 bits per heavy atom. The Bertz CT molecular complexity index is 1410. The standard InChI is InChI=1S/C25H20ClN5O4/c1-16-12-19(14-28-29-25(32)18-4-3-5-20(26)13-18)17(2)30(16)21-6-9-23(10-7-21)35-24-11-8-22(15-27-24)31(33)34/h3-15H,1-2H3,(H,29,32)/b28-14-. The summed E-state index contributed by atoms with van der Waals surface area (Å²) in [6.45, 7) is 3.93. The Hall–Kier alpha value is -4.50. The lowest BCUT2D eigenvalue weighted by atomic mass is 10.2. The van der Waals surface area contributed by atoms with Crippen molar-refractivity contribution < 1.29 is 14.5 Å². The van der Waals surface area contributed by atoms with E-state index in [0.717, 1.165) is 28.8 Å². The topological polar surface area (TPSA) is 112 Å². The first-order valence-electron chi connectivity index (χ1n) is 10.5. The van der Waals surface area contributed by atoms with Gasteiger partial charge in [-0.15, -0.1) is 0 Å². The Balaban J connectivity index is 1.45. The third-order valence-corrected chi connectivity index (χ3v) is 5.41. The molecule has 10 heteroatoms. The van der Waals surface area contributed by atoms with Crippen LogP contribution in [0.5, 0.6) is 11.6 Å². The van der Waals surface area contributed by atoms with Crippen molar-refractivity contribution in [2.24, 2.45) is 5.10 Å². The molecule has 0 aliphatic carbocycles. The maximum Gasteiger partial charge on any atom is 0.287 e. The minimum atomic E-state index is -0.514. The van der Waals surface area contributed by atoms with Crippen molar-refractivity contribution in [3.05, 3.63) is 111 Å². The molecule has 0 aliphatic rings. The predicted molar refractivity (Wildman–Crippen MR) is 133 cm³/mol. The van der Waals surface area contributed by atoms with Crippen LogP contribution >= 0.6 is 11.6 Å². The van der Waals surface area contributed by atoms with Crippen LogP contribution in [0.15, 0.2) is 78.0 Å². The summed E-state index contributed by atoms with van der Waals surface area (Å²) < 4.78 is 7.73. The molecule has 0 fully saturated rings. The maximum atomic E-state index is 12.2. The summed E-state index contributed by atoms with van der Waals surface area (Å²) in [5.41, 5.74) is 6.52. The SMILES string of the molecule is Cc1cc(/C=N\NC(=O)c2cccc(Cl)c2)c(C)n1-c1ccc(Oc2ccc([N+](=O)[O-])cn2)cc1. The largest absolute Gasteiger partial charge is 0.439 e. The van der Waals surface area contributed by atoms with Gasteiger partial charge in [-0.3, -0.25) is 14.9 Å². The van der Waals surface area contributed by atoms with E-state index < -0.39 is 4.92 Å². The van der Waals surface area contributed by atoms with Crippen LogP contribution in [0.1, 0.15) is 27.3 Å². The van der Waals surface area contributed by atoms with Gasteiger partial charge in [0, 0.05) is 45.4 Å². The second-order valence-corrected chi connectivity index (χ2v) is 8.02. The van der Waals surface area contributed by atoms with Gasteiger partial charge < -0.3 is 9.30 Å². The van der Waals surface area contributed by atoms with Gasteiger partial charge in [-0.2, -0.15) is 5.10 Å². The van der Waals surface area contributed by atoms with E-state index in [0.29, 0.717) is 16.3 Å². The molecule has 176 valence electrons. The highest BCUT2D eigenvalue weighted by Gasteiger charge is 2.11. The summed E-state index contributed by atoms with van der Waals surface area (Å²) in [7, 11) is 0. The number of aryl methyl sites for hydroxylation is 1. The van der Waals surface area contributed by atoms with Gasteiger partial charge in [-0.1, -0.05) is 17.7 Å². The number of nitrogens with zero attached hydrogens (tertiary/aromatic N) is 4. The normalized spacial score (nSPS) is 10.9. The molecule has 0 bridgehead atoms. The second-order valence-electron chi connectivity index (χ2n) is 7.58. The van der Waals surface area contributed by atoms with E-state index in [1.54, 1.807) is 42.6 Å². The molecule has 4 aromatic rings. The zero-order valence-electron chi connectivity index (χ0n) is 18.8. The van der Waals surface area contributed by atoms with Crippen molar-refractivity contribution in [3.63, 3.8) is 0 Å². The smallest absolute Gasteiger partial charge is 0.287 e. The number of pyridine rings is 1. The molecule has 35 heavy (non-hydrogen) atoms. The molecule has 0 spiro atoms. The fourth-order valence-electron chi connectivity index (χ4n) is 3.50. The highest BCUT2D eigenvalue weighted by atomic mass is 35.5. The maximum absolute atomic E-state index is 12.2. The monoisotopic (exact) mass is 489 g/mol.